The maximum Gasteiger partial charge on any atom is 0.128 e. The first-order valence-corrected chi connectivity index (χ1v) is 8.80. The van der Waals surface area contributed by atoms with Gasteiger partial charge in [0.1, 0.15) is 6.23 Å². The molecule has 0 amide bonds. The van der Waals surface area contributed by atoms with E-state index < -0.39 is 12.3 Å². The average molecular weight is 287 g/mol. The highest BCUT2D eigenvalue weighted by atomic mass is 16.3. The molecule has 0 aromatic carbocycles. The van der Waals surface area contributed by atoms with Crippen LogP contribution in [0.1, 0.15) is 96.8 Å². The Morgan fingerprint density at radius 2 is 1.00 bits per heavy atom. The van der Waals surface area contributed by atoms with E-state index in [4.69, 9.17) is 10.8 Å². The van der Waals surface area contributed by atoms with E-state index in [-0.39, 0.29) is 0 Å². The monoisotopic (exact) mass is 287 g/mol. The van der Waals surface area contributed by atoms with Crippen LogP contribution in [0.15, 0.2) is 0 Å². The van der Waals surface area contributed by atoms with Crippen molar-refractivity contribution in [1.29, 1.82) is 0 Å². The fourth-order valence-electron chi connectivity index (χ4n) is 2.54. The third kappa shape index (κ3) is 14.3. The van der Waals surface area contributed by atoms with Crippen LogP contribution < -0.4 is 5.73 Å². The fourth-order valence-corrected chi connectivity index (χ4v) is 2.54. The van der Waals surface area contributed by atoms with Crippen LogP contribution in [0.2, 0.25) is 0 Å². The van der Waals surface area contributed by atoms with Crippen LogP contribution in [-0.2, 0) is 0 Å². The number of hydrogen-bond acceptors (Lipinski definition) is 3. The second-order valence-electron chi connectivity index (χ2n) is 6.09. The summed E-state index contributed by atoms with van der Waals surface area (Å²) in [6, 6.07) is 0. The van der Waals surface area contributed by atoms with Crippen LogP contribution in [0.4, 0.5) is 0 Å². The molecular formula is C17H37NO2. The highest BCUT2D eigenvalue weighted by molar-refractivity contribution is 4.60. The van der Waals surface area contributed by atoms with E-state index in [2.05, 4.69) is 6.92 Å². The molecule has 0 aliphatic heterocycles. The lowest BCUT2D eigenvalue weighted by atomic mass is 10.0. The average Bonchev–Trinajstić information content (AvgIpc) is 2.43. The molecule has 0 bridgehead atoms. The van der Waals surface area contributed by atoms with Crippen LogP contribution in [0, 0.1) is 0 Å². The van der Waals surface area contributed by atoms with Crippen LogP contribution >= 0.6 is 0 Å². The van der Waals surface area contributed by atoms with Crippen LogP contribution in [0.25, 0.3) is 0 Å². The molecule has 20 heavy (non-hydrogen) atoms. The van der Waals surface area contributed by atoms with E-state index in [1.54, 1.807) is 0 Å². The Hall–Kier alpha value is -0.120. The molecule has 0 aromatic heterocycles. The standard InChI is InChI=1S/C17H37NO2/c1-2-3-4-5-6-7-8-9-10-11-12-13-14-15-16(19)17(18)20/h16-17,19-20H,2-15,18H2,1H3/t16-,17?/m1/s1. The van der Waals surface area contributed by atoms with E-state index in [1.165, 1.54) is 70.6 Å². The summed E-state index contributed by atoms with van der Waals surface area (Å²) in [4.78, 5) is 0. The van der Waals surface area contributed by atoms with Crippen LogP contribution in [0.5, 0.6) is 0 Å². The maximum atomic E-state index is 9.33. The van der Waals surface area contributed by atoms with Gasteiger partial charge in [0.25, 0.3) is 0 Å². The summed E-state index contributed by atoms with van der Waals surface area (Å²) in [7, 11) is 0. The second-order valence-corrected chi connectivity index (χ2v) is 6.09. The topological polar surface area (TPSA) is 66.5 Å². The fraction of sp³-hybridized carbons (Fsp3) is 1.00. The van der Waals surface area contributed by atoms with Gasteiger partial charge in [0.2, 0.25) is 0 Å². The minimum Gasteiger partial charge on any atom is -0.389 e. The van der Waals surface area contributed by atoms with Gasteiger partial charge in [-0.25, -0.2) is 0 Å². The number of unbranched alkanes of at least 4 members (excludes halogenated alkanes) is 12. The predicted molar refractivity (Wildman–Crippen MR) is 86.5 cm³/mol. The molecule has 0 rings (SSSR count). The van der Waals surface area contributed by atoms with Crippen molar-refractivity contribution in [3.63, 3.8) is 0 Å². The summed E-state index contributed by atoms with van der Waals surface area (Å²) in [5.41, 5.74) is 5.19. The minimum absolute atomic E-state index is 0.620. The first-order valence-electron chi connectivity index (χ1n) is 8.80. The summed E-state index contributed by atoms with van der Waals surface area (Å²) in [5.74, 6) is 0. The van der Waals surface area contributed by atoms with Gasteiger partial charge >= 0.3 is 0 Å². The third-order valence-corrected chi connectivity index (χ3v) is 4.00. The lowest BCUT2D eigenvalue weighted by Crippen LogP contribution is -2.33. The van der Waals surface area contributed by atoms with E-state index >= 15 is 0 Å². The highest BCUT2D eigenvalue weighted by Crippen LogP contribution is 2.13. The summed E-state index contributed by atoms with van der Waals surface area (Å²) in [5, 5.41) is 18.3. The number of hydrogen-bond donors (Lipinski definition) is 3. The number of aliphatic hydroxyl groups excluding tert-OH is 2. The zero-order valence-corrected chi connectivity index (χ0v) is 13.5. The number of aliphatic hydroxyl groups is 2. The Morgan fingerprint density at radius 3 is 1.35 bits per heavy atom. The predicted octanol–water partition coefficient (Wildman–Crippen LogP) is 4.11. The molecule has 0 fully saturated rings. The Kier molecular flexibility index (Phi) is 15.2. The van der Waals surface area contributed by atoms with Crippen molar-refractivity contribution < 1.29 is 10.2 Å². The van der Waals surface area contributed by atoms with Crippen molar-refractivity contribution in [2.75, 3.05) is 0 Å². The summed E-state index contributed by atoms with van der Waals surface area (Å²) in [6.07, 6.45) is 15.9. The van der Waals surface area contributed by atoms with Gasteiger partial charge < -0.3 is 15.9 Å². The molecule has 122 valence electrons. The van der Waals surface area contributed by atoms with Gasteiger partial charge in [-0.05, 0) is 6.42 Å². The zero-order valence-electron chi connectivity index (χ0n) is 13.5. The van der Waals surface area contributed by atoms with Crippen molar-refractivity contribution in [3.05, 3.63) is 0 Å². The maximum absolute atomic E-state index is 9.33. The molecule has 0 saturated carbocycles. The minimum atomic E-state index is -1.08. The molecule has 0 saturated heterocycles. The molecule has 0 aromatic rings. The lowest BCUT2D eigenvalue weighted by Gasteiger charge is -2.12. The Labute approximate surface area is 126 Å². The van der Waals surface area contributed by atoms with Crippen molar-refractivity contribution in [2.45, 2.75) is 109 Å². The molecule has 4 N–H and O–H groups in total. The van der Waals surface area contributed by atoms with Crippen molar-refractivity contribution in [3.8, 4) is 0 Å². The first kappa shape index (κ1) is 19.9. The molecule has 0 spiro atoms. The number of nitrogens with two attached hydrogens (primary N) is 1. The molecule has 0 aliphatic rings. The van der Waals surface area contributed by atoms with E-state index in [0.29, 0.717) is 6.42 Å². The second kappa shape index (κ2) is 15.3. The molecule has 0 radical (unpaired) electrons. The van der Waals surface area contributed by atoms with E-state index in [9.17, 15) is 5.11 Å². The molecular weight excluding hydrogens is 250 g/mol. The molecule has 2 atom stereocenters. The molecule has 3 heteroatoms. The Balaban J connectivity index is 3.03. The van der Waals surface area contributed by atoms with Gasteiger partial charge in [-0.15, -0.1) is 0 Å². The molecule has 3 nitrogen and oxygen atoms in total. The SMILES string of the molecule is CCCCCCCCCCCCCCC[C@@H](O)C(N)O. The van der Waals surface area contributed by atoms with Crippen LogP contribution in [0.3, 0.4) is 0 Å². The van der Waals surface area contributed by atoms with Gasteiger partial charge in [0, 0.05) is 0 Å². The highest BCUT2D eigenvalue weighted by Gasteiger charge is 2.09. The molecule has 0 heterocycles. The van der Waals surface area contributed by atoms with Gasteiger partial charge in [0.05, 0.1) is 6.10 Å². The third-order valence-electron chi connectivity index (χ3n) is 4.00. The Morgan fingerprint density at radius 1 is 0.650 bits per heavy atom. The number of rotatable bonds is 15. The Bertz CT molecular complexity index is 186. The lowest BCUT2D eigenvalue weighted by molar-refractivity contribution is 0.0173. The van der Waals surface area contributed by atoms with E-state index in [0.717, 1.165) is 12.8 Å². The smallest absolute Gasteiger partial charge is 0.128 e. The normalized spacial score (nSPS) is 14.4. The van der Waals surface area contributed by atoms with Crippen molar-refractivity contribution >= 4 is 0 Å². The molecule has 0 aliphatic carbocycles. The van der Waals surface area contributed by atoms with Crippen molar-refractivity contribution in [1.82, 2.24) is 0 Å². The van der Waals surface area contributed by atoms with Crippen molar-refractivity contribution in [2.24, 2.45) is 5.73 Å². The van der Waals surface area contributed by atoms with Crippen LogP contribution in [-0.4, -0.2) is 22.5 Å². The summed E-state index contributed by atoms with van der Waals surface area (Å²) < 4.78 is 0. The van der Waals surface area contributed by atoms with Gasteiger partial charge in [-0.2, -0.15) is 0 Å². The van der Waals surface area contributed by atoms with Gasteiger partial charge in [0.15, 0.2) is 0 Å². The zero-order chi connectivity index (χ0) is 15.1. The van der Waals surface area contributed by atoms with E-state index in [1.807, 2.05) is 0 Å². The van der Waals surface area contributed by atoms with Gasteiger partial charge in [-0.1, -0.05) is 90.4 Å². The summed E-state index contributed by atoms with van der Waals surface area (Å²) in [6.45, 7) is 2.26. The quantitative estimate of drug-likeness (QED) is 0.314. The largest absolute Gasteiger partial charge is 0.389 e. The summed E-state index contributed by atoms with van der Waals surface area (Å²) >= 11 is 0. The first-order chi connectivity index (χ1) is 9.68. The molecule has 1 unspecified atom stereocenters. The van der Waals surface area contributed by atoms with Gasteiger partial charge in [-0.3, -0.25) is 0 Å².